The lowest BCUT2D eigenvalue weighted by Crippen LogP contribution is -2.39. The molecule has 3 heteroatoms. The first-order valence-electron chi connectivity index (χ1n) is 7.42. The predicted octanol–water partition coefficient (Wildman–Crippen LogP) is 2.99. The summed E-state index contributed by atoms with van der Waals surface area (Å²) in [6.07, 6.45) is 2.41. The van der Waals surface area contributed by atoms with Gasteiger partial charge in [0.2, 0.25) is 5.91 Å². The van der Waals surface area contributed by atoms with E-state index in [0.717, 1.165) is 18.4 Å². The first-order valence-corrected chi connectivity index (χ1v) is 7.42. The van der Waals surface area contributed by atoms with Crippen LogP contribution in [0.1, 0.15) is 57.2 Å². The molecule has 1 amide bonds. The minimum absolute atomic E-state index is 0.000909. The minimum Gasteiger partial charge on any atom is -0.337 e. The van der Waals surface area contributed by atoms with Crippen molar-refractivity contribution in [1.82, 2.24) is 4.90 Å². The van der Waals surface area contributed by atoms with Gasteiger partial charge in [-0.25, -0.2) is 0 Å². The van der Waals surface area contributed by atoms with Crippen molar-refractivity contribution >= 4 is 5.91 Å². The van der Waals surface area contributed by atoms with Crippen LogP contribution in [-0.4, -0.2) is 23.9 Å². The Morgan fingerprint density at radius 3 is 2.35 bits per heavy atom. The Morgan fingerprint density at radius 1 is 1.20 bits per heavy atom. The van der Waals surface area contributed by atoms with E-state index in [4.69, 9.17) is 5.73 Å². The van der Waals surface area contributed by atoms with Crippen molar-refractivity contribution in [3.63, 3.8) is 0 Å². The Hall–Kier alpha value is -1.35. The van der Waals surface area contributed by atoms with Crippen molar-refractivity contribution in [2.75, 3.05) is 7.05 Å². The highest BCUT2D eigenvalue weighted by molar-refractivity contribution is 5.76. The summed E-state index contributed by atoms with van der Waals surface area (Å²) in [6.45, 7) is 6.61. The molecular formula is C17H26N2O. The molecule has 0 spiro atoms. The van der Waals surface area contributed by atoms with E-state index < -0.39 is 0 Å². The van der Waals surface area contributed by atoms with E-state index >= 15 is 0 Å². The highest BCUT2D eigenvalue weighted by Gasteiger charge is 2.30. The number of carbonyl (C=O) groups is 1. The fourth-order valence-electron chi connectivity index (χ4n) is 2.92. The summed E-state index contributed by atoms with van der Waals surface area (Å²) in [7, 11) is 1.87. The van der Waals surface area contributed by atoms with Crippen LogP contribution >= 0.6 is 0 Å². The first-order chi connectivity index (χ1) is 9.30. The third kappa shape index (κ3) is 3.04. The van der Waals surface area contributed by atoms with Crippen LogP contribution in [-0.2, 0) is 10.2 Å². The summed E-state index contributed by atoms with van der Waals surface area (Å²) in [4.78, 5) is 13.9. The molecule has 110 valence electrons. The Balaban J connectivity index is 2.30. The van der Waals surface area contributed by atoms with E-state index in [1.165, 1.54) is 5.56 Å². The van der Waals surface area contributed by atoms with Gasteiger partial charge in [-0.15, -0.1) is 0 Å². The number of amides is 1. The van der Waals surface area contributed by atoms with Crippen LogP contribution in [0.3, 0.4) is 0 Å². The zero-order chi connectivity index (χ0) is 14.9. The van der Waals surface area contributed by atoms with Gasteiger partial charge < -0.3 is 10.6 Å². The van der Waals surface area contributed by atoms with E-state index in [-0.39, 0.29) is 23.4 Å². The third-order valence-electron chi connectivity index (χ3n) is 4.26. The average Bonchev–Trinajstić information content (AvgIpc) is 2.49. The summed E-state index contributed by atoms with van der Waals surface area (Å²) in [5.41, 5.74) is 8.88. The lowest BCUT2D eigenvalue weighted by atomic mass is 9.85. The molecule has 0 aromatic heterocycles. The molecule has 2 atom stereocenters. The van der Waals surface area contributed by atoms with Gasteiger partial charge in [-0.05, 0) is 29.4 Å². The second-order valence-electron chi connectivity index (χ2n) is 6.88. The molecule has 2 rings (SSSR count). The van der Waals surface area contributed by atoms with Crippen molar-refractivity contribution in [2.45, 2.75) is 57.5 Å². The number of rotatable bonds is 1. The quantitative estimate of drug-likeness (QED) is 0.855. The topological polar surface area (TPSA) is 46.3 Å². The van der Waals surface area contributed by atoms with Gasteiger partial charge in [0, 0.05) is 19.5 Å². The highest BCUT2D eigenvalue weighted by Crippen LogP contribution is 2.30. The van der Waals surface area contributed by atoms with E-state index in [1.54, 1.807) is 0 Å². The van der Waals surface area contributed by atoms with Gasteiger partial charge in [-0.1, -0.05) is 45.0 Å². The van der Waals surface area contributed by atoms with Gasteiger partial charge in [0.1, 0.15) is 0 Å². The molecule has 0 aliphatic carbocycles. The van der Waals surface area contributed by atoms with Gasteiger partial charge in [-0.2, -0.15) is 0 Å². The monoisotopic (exact) mass is 274 g/mol. The lowest BCUT2D eigenvalue weighted by Gasteiger charge is -2.31. The highest BCUT2D eigenvalue weighted by atomic mass is 16.2. The molecule has 1 fully saturated rings. The van der Waals surface area contributed by atoms with Crippen LogP contribution in [0, 0.1) is 0 Å². The van der Waals surface area contributed by atoms with Crippen LogP contribution in [0.25, 0.3) is 0 Å². The maximum absolute atomic E-state index is 12.0. The number of benzene rings is 1. The maximum Gasteiger partial charge on any atom is 0.222 e. The summed E-state index contributed by atoms with van der Waals surface area (Å²) >= 11 is 0. The molecule has 0 radical (unpaired) electrons. The number of hydrogen-bond donors (Lipinski definition) is 1. The summed E-state index contributed by atoms with van der Waals surface area (Å²) in [5.74, 6) is 0.197. The smallest absolute Gasteiger partial charge is 0.222 e. The molecule has 0 bridgehead atoms. The molecule has 2 unspecified atom stereocenters. The van der Waals surface area contributed by atoms with Gasteiger partial charge in [-0.3, -0.25) is 4.79 Å². The normalized spacial score (nSPS) is 24.6. The van der Waals surface area contributed by atoms with Crippen molar-refractivity contribution in [2.24, 2.45) is 5.73 Å². The number of nitrogens with two attached hydrogens (primary N) is 1. The van der Waals surface area contributed by atoms with Crippen LogP contribution in [0.2, 0.25) is 0 Å². The van der Waals surface area contributed by atoms with Crippen molar-refractivity contribution in [3.05, 3.63) is 35.4 Å². The lowest BCUT2D eigenvalue weighted by molar-refractivity contribution is -0.131. The van der Waals surface area contributed by atoms with Crippen molar-refractivity contribution in [3.8, 4) is 0 Å². The van der Waals surface area contributed by atoms with E-state index in [0.29, 0.717) is 6.42 Å². The zero-order valence-electron chi connectivity index (χ0n) is 13.0. The third-order valence-corrected chi connectivity index (χ3v) is 4.26. The van der Waals surface area contributed by atoms with Crippen molar-refractivity contribution in [1.29, 1.82) is 0 Å². The van der Waals surface area contributed by atoms with E-state index in [2.05, 4.69) is 45.0 Å². The zero-order valence-corrected chi connectivity index (χ0v) is 13.0. The van der Waals surface area contributed by atoms with Crippen LogP contribution < -0.4 is 5.73 Å². The summed E-state index contributed by atoms with van der Waals surface area (Å²) < 4.78 is 0. The number of nitrogens with zero attached hydrogens (tertiary/aromatic N) is 1. The molecule has 3 nitrogen and oxygen atoms in total. The minimum atomic E-state index is -0.000909. The standard InChI is InChI=1S/C17H26N2O/c1-17(2,3)13-10-8-12(9-11-13)16-14(18)6-5-7-15(20)19(16)4/h8-11,14,16H,5-7,18H2,1-4H3. The van der Waals surface area contributed by atoms with Gasteiger partial charge in [0.05, 0.1) is 6.04 Å². The molecule has 1 aliphatic rings. The SMILES string of the molecule is CN1C(=O)CCCC(N)C1c1ccc(C(C)(C)C)cc1. The average molecular weight is 274 g/mol. The van der Waals surface area contributed by atoms with Crippen LogP contribution in [0.4, 0.5) is 0 Å². The number of likely N-dealkylation sites (tertiary alicyclic amines) is 1. The second-order valence-corrected chi connectivity index (χ2v) is 6.88. The second kappa shape index (κ2) is 5.57. The fraction of sp³-hybridized carbons (Fsp3) is 0.588. The molecule has 1 aromatic carbocycles. The predicted molar refractivity (Wildman–Crippen MR) is 82.5 cm³/mol. The molecule has 1 heterocycles. The summed E-state index contributed by atoms with van der Waals surface area (Å²) in [5, 5.41) is 0. The van der Waals surface area contributed by atoms with Crippen molar-refractivity contribution < 1.29 is 4.79 Å². The number of likely N-dealkylation sites (N-methyl/N-ethyl adjacent to an activating group) is 1. The Bertz CT molecular complexity index is 473. The van der Waals surface area contributed by atoms with Gasteiger partial charge in [0.25, 0.3) is 0 Å². The molecular weight excluding hydrogens is 248 g/mol. The van der Waals surface area contributed by atoms with E-state index in [1.807, 2.05) is 11.9 Å². The molecule has 0 saturated carbocycles. The molecule has 20 heavy (non-hydrogen) atoms. The molecule has 1 aromatic rings. The fourth-order valence-corrected chi connectivity index (χ4v) is 2.92. The largest absolute Gasteiger partial charge is 0.337 e. The first kappa shape index (κ1) is 15.0. The number of carbonyl (C=O) groups excluding carboxylic acids is 1. The molecule has 1 aliphatic heterocycles. The van der Waals surface area contributed by atoms with Gasteiger partial charge >= 0.3 is 0 Å². The Kier molecular flexibility index (Phi) is 4.19. The van der Waals surface area contributed by atoms with Gasteiger partial charge in [0.15, 0.2) is 0 Å². The molecule has 2 N–H and O–H groups in total. The van der Waals surface area contributed by atoms with Crippen LogP contribution in [0.5, 0.6) is 0 Å². The Morgan fingerprint density at radius 2 is 1.80 bits per heavy atom. The van der Waals surface area contributed by atoms with E-state index in [9.17, 15) is 4.79 Å². The number of hydrogen-bond acceptors (Lipinski definition) is 2. The summed E-state index contributed by atoms with van der Waals surface area (Å²) in [6, 6.07) is 8.59. The molecule has 1 saturated heterocycles. The Labute approximate surface area is 122 Å². The van der Waals surface area contributed by atoms with Crippen LogP contribution in [0.15, 0.2) is 24.3 Å². The maximum atomic E-state index is 12.0.